The number of imide groups is 1. The summed E-state index contributed by atoms with van der Waals surface area (Å²) in [5.41, 5.74) is 5.40. The molecule has 2 bridgehead atoms. The summed E-state index contributed by atoms with van der Waals surface area (Å²) in [5, 5.41) is 0. The van der Waals surface area contributed by atoms with Crippen molar-refractivity contribution in [1.29, 1.82) is 0 Å². The van der Waals surface area contributed by atoms with Crippen molar-refractivity contribution >= 4 is 28.6 Å². The Morgan fingerprint density at radius 3 is 1.59 bits per heavy atom. The molecule has 0 N–H and O–H groups in total. The number of ether oxygens (including phenoxy) is 1. The lowest BCUT2D eigenvalue weighted by molar-refractivity contribution is -0.123. The van der Waals surface area contributed by atoms with Gasteiger partial charge in [0.05, 0.1) is 24.6 Å². The lowest BCUT2D eigenvalue weighted by Crippen LogP contribution is -2.32. The molecular formula is C28H23NO3. The van der Waals surface area contributed by atoms with E-state index in [0.29, 0.717) is 11.4 Å². The Hall–Kier alpha value is -3.66. The number of fused-ring (bicyclic) bond motifs is 5. The van der Waals surface area contributed by atoms with Gasteiger partial charge in [0.2, 0.25) is 11.8 Å². The van der Waals surface area contributed by atoms with E-state index in [4.69, 9.17) is 4.74 Å². The Bertz CT molecular complexity index is 1160. The number of allylic oxidation sites excluding steroid dienone is 2. The summed E-state index contributed by atoms with van der Waals surface area (Å²) in [5.74, 6) is 0.0862. The Morgan fingerprint density at radius 1 is 0.688 bits per heavy atom. The molecule has 0 aromatic heterocycles. The van der Waals surface area contributed by atoms with Crippen molar-refractivity contribution in [3.05, 3.63) is 96.1 Å². The van der Waals surface area contributed by atoms with E-state index in [2.05, 4.69) is 24.3 Å². The molecule has 158 valence electrons. The van der Waals surface area contributed by atoms with E-state index in [9.17, 15) is 9.59 Å². The Balaban J connectivity index is 1.46. The van der Waals surface area contributed by atoms with Crippen LogP contribution in [0.4, 0.5) is 5.69 Å². The van der Waals surface area contributed by atoms with Crippen LogP contribution in [0.2, 0.25) is 0 Å². The molecule has 1 heterocycles. The molecule has 0 spiro atoms. The highest BCUT2D eigenvalue weighted by atomic mass is 16.5. The quantitative estimate of drug-likeness (QED) is 0.553. The van der Waals surface area contributed by atoms with Crippen molar-refractivity contribution < 1.29 is 14.3 Å². The van der Waals surface area contributed by atoms with E-state index in [0.717, 1.165) is 17.5 Å². The van der Waals surface area contributed by atoms with E-state index in [1.165, 1.54) is 16.0 Å². The topological polar surface area (TPSA) is 46.6 Å². The molecular weight excluding hydrogens is 398 g/mol. The summed E-state index contributed by atoms with van der Waals surface area (Å²) >= 11 is 0. The zero-order valence-electron chi connectivity index (χ0n) is 17.8. The number of hydrogen-bond donors (Lipinski definition) is 0. The minimum absolute atomic E-state index is 0.0577. The first-order valence-electron chi connectivity index (χ1n) is 11.1. The van der Waals surface area contributed by atoms with E-state index in [1.807, 2.05) is 36.4 Å². The average Bonchev–Trinajstić information content (AvgIpc) is 3.49. The van der Waals surface area contributed by atoms with Gasteiger partial charge in [-0.3, -0.25) is 14.5 Å². The number of carbonyl (C=O) groups excluding carboxylic acids is 2. The second-order valence-corrected chi connectivity index (χ2v) is 8.77. The van der Waals surface area contributed by atoms with Crippen molar-refractivity contribution in [3.8, 4) is 5.75 Å². The fourth-order valence-electron chi connectivity index (χ4n) is 6.08. The standard InChI is InChI=1S/C28H23NO3/c1-32-20-14-12-19(13-15-20)29-27(30)25-21-16-22(26(25)28(29)31)24(18-10-6-3-7-11-18)23(21)17-8-4-2-5-9-17/h2-15,21-22,25-26H,16H2,1H3. The first kappa shape index (κ1) is 19.1. The monoisotopic (exact) mass is 421 g/mol. The highest BCUT2D eigenvalue weighted by molar-refractivity contribution is 6.24. The van der Waals surface area contributed by atoms with Crippen LogP contribution in [0.25, 0.3) is 11.1 Å². The van der Waals surface area contributed by atoms with Crippen LogP contribution < -0.4 is 9.64 Å². The second-order valence-electron chi connectivity index (χ2n) is 8.77. The molecule has 1 aliphatic heterocycles. The van der Waals surface area contributed by atoms with Crippen LogP contribution in [0.15, 0.2) is 84.9 Å². The second kappa shape index (κ2) is 7.20. The molecule has 2 amide bonds. The number of benzene rings is 3. The molecule has 2 aliphatic carbocycles. The highest BCUT2D eigenvalue weighted by Gasteiger charge is 2.64. The maximum absolute atomic E-state index is 13.6. The van der Waals surface area contributed by atoms with Crippen LogP contribution in [0, 0.1) is 23.7 Å². The van der Waals surface area contributed by atoms with E-state index >= 15 is 0 Å². The molecule has 6 rings (SSSR count). The zero-order chi connectivity index (χ0) is 21.8. The zero-order valence-corrected chi connectivity index (χ0v) is 17.8. The Kier molecular flexibility index (Phi) is 4.29. The third-order valence-electron chi connectivity index (χ3n) is 7.30. The summed E-state index contributed by atoms with van der Waals surface area (Å²) in [6.45, 7) is 0. The van der Waals surface area contributed by atoms with Gasteiger partial charge in [0.25, 0.3) is 0 Å². The number of carbonyl (C=O) groups is 2. The number of anilines is 1. The molecule has 3 aromatic rings. The normalized spacial score (nSPS) is 26.1. The minimum atomic E-state index is -0.294. The third-order valence-corrected chi connectivity index (χ3v) is 7.30. The van der Waals surface area contributed by atoms with E-state index in [-0.39, 0.29) is 35.5 Å². The highest BCUT2D eigenvalue weighted by Crippen LogP contribution is 2.63. The maximum Gasteiger partial charge on any atom is 0.238 e. The molecule has 3 aliphatic rings. The van der Waals surface area contributed by atoms with Crippen LogP contribution in [0.1, 0.15) is 17.5 Å². The van der Waals surface area contributed by atoms with Gasteiger partial charge in [-0.15, -0.1) is 0 Å². The van der Waals surface area contributed by atoms with Gasteiger partial charge in [0.1, 0.15) is 5.75 Å². The number of nitrogens with zero attached hydrogens (tertiary/aromatic N) is 1. The summed E-state index contributed by atoms with van der Waals surface area (Å²) in [7, 11) is 1.60. The van der Waals surface area contributed by atoms with E-state index < -0.39 is 0 Å². The van der Waals surface area contributed by atoms with Gasteiger partial charge in [-0.1, -0.05) is 60.7 Å². The number of methoxy groups -OCH3 is 1. The van der Waals surface area contributed by atoms with Crippen LogP contribution in [-0.4, -0.2) is 18.9 Å². The van der Waals surface area contributed by atoms with Crippen molar-refractivity contribution in [3.63, 3.8) is 0 Å². The van der Waals surface area contributed by atoms with Gasteiger partial charge in [-0.2, -0.15) is 0 Å². The molecule has 1 saturated heterocycles. The van der Waals surface area contributed by atoms with Gasteiger partial charge in [0.15, 0.2) is 0 Å². The molecule has 2 fully saturated rings. The summed E-state index contributed by atoms with van der Waals surface area (Å²) in [6, 6.07) is 27.8. The number of hydrogen-bond acceptors (Lipinski definition) is 3. The lowest BCUT2D eigenvalue weighted by atomic mass is 9.73. The maximum atomic E-state index is 13.6. The van der Waals surface area contributed by atoms with Gasteiger partial charge < -0.3 is 4.74 Å². The van der Waals surface area contributed by atoms with Crippen LogP contribution in [0.5, 0.6) is 5.75 Å². The summed E-state index contributed by atoms with van der Waals surface area (Å²) in [6.07, 6.45) is 0.859. The first-order valence-corrected chi connectivity index (χ1v) is 11.1. The van der Waals surface area contributed by atoms with Crippen LogP contribution in [0.3, 0.4) is 0 Å². The predicted molar refractivity (Wildman–Crippen MR) is 124 cm³/mol. The van der Waals surface area contributed by atoms with E-state index in [1.54, 1.807) is 31.4 Å². The first-order chi connectivity index (χ1) is 15.7. The smallest absolute Gasteiger partial charge is 0.238 e. The third kappa shape index (κ3) is 2.62. The Morgan fingerprint density at radius 2 is 1.16 bits per heavy atom. The molecule has 4 nitrogen and oxygen atoms in total. The largest absolute Gasteiger partial charge is 0.497 e. The van der Waals surface area contributed by atoms with Gasteiger partial charge in [-0.25, -0.2) is 0 Å². The number of amides is 2. The molecule has 0 radical (unpaired) electrons. The predicted octanol–water partition coefficient (Wildman–Crippen LogP) is 5.06. The van der Waals surface area contributed by atoms with Gasteiger partial charge in [0, 0.05) is 0 Å². The fraction of sp³-hybridized carbons (Fsp3) is 0.214. The molecule has 4 atom stereocenters. The van der Waals surface area contributed by atoms with Crippen molar-refractivity contribution in [2.75, 3.05) is 12.0 Å². The summed E-state index contributed by atoms with van der Waals surface area (Å²) in [4.78, 5) is 28.6. The molecule has 32 heavy (non-hydrogen) atoms. The number of rotatable bonds is 4. The summed E-state index contributed by atoms with van der Waals surface area (Å²) < 4.78 is 5.24. The SMILES string of the molecule is COc1ccc(N2C(=O)C3C4CC(C(c5ccccc5)=C4c4ccccc4)C3C2=O)cc1. The molecule has 3 aromatic carbocycles. The fourth-order valence-corrected chi connectivity index (χ4v) is 6.08. The molecule has 4 unspecified atom stereocenters. The average molecular weight is 421 g/mol. The minimum Gasteiger partial charge on any atom is -0.497 e. The van der Waals surface area contributed by atoms with Crippen LogP contribution in [-0.2, 0) is 9.59 Å². The van der Waals surface area contributed by atoms with Gasteiger partial charge >= 0.3 is 0 Å². The van der Waals surface area contributed by atoms with Crippen molar-refractivity contribution in [1.82, 2.24) is 0 Å². The van der Waals surface area contributed by atoms with Gasteiger partial charge in [-0.05, 0) is 64.8 Å². The van der Waals surface area contributed by atoms with Crippen molar-refractivity contribution in [2.45, 2.75) is 6.42 Å². The van der Waals surface area contributed by atoms with Crippen molar-refractivity contribution in [2.24, 2.45) is 23.7 Å². The molecule has 1 saturated carbocycles. The lowest BCUT2D eigenvalue weighted by Gasteiger charge is -2.27. The Labute approximate surface area is 187 Å². The van der Waals surface area contributed by atoms with Crippen LogP contribution >= 0.6 is 0 Å². The molecule has 4 heteroatoms.